The van der Waals surface area contributed by atoms with E-state index >= 15 is 0 Å². The molecule has 2 heterocycles. The topological polar surface area (TPSA) is 79.8 Å². The van der Waals surface area contributed by atoms with Crippen molar-refractivity contribution in [2.75, 3.05) is 28.1 Å². The van der Waals surface area contributed by atoms with Crippen LogP contribution in [0.2, 0.25) is 0 Å². The number of carbonyl (C=O) groups excluding carboxylic acids is 1. The van der Waals surface area contributed by atoms with Gasteiger partial charge in [-0.3, -0.25) is 4.98 Å². The molecule has 0 atom stereocenters. The summed E-state index contributed by atoms with van der Waals surface area (Å²) in [5.74, 6) is 0.552. The highest BCUT2D eigenvalue weighted by atomic mass is 79.9. The second-order valence-corrected chi connectivity index (χ2v) is 5.59. The minimum Gasteiger partial charge on any atom is -0.481 e. The summed E-state index contributed by atoms with van der Waals surface area (Å²) in [5, 5.41) is 0. The van der Waals surface area contributed by atoms with Gasteiger partial charge in [-0.25, -0.2) is 9.78 Å². The minimum atomic E-state index is -0.446. The molecule has 0 amide bonds. The van der Waals surface area contributed by atoms with Crippen LogP contribution < -0.4 is 9.47 Å². The minimum absolute atomic E-state index is 0.102. The summed E-state index contributed by atoms with van der Waals surface area (Å²) in [4.78, 5) is 19.9. The van der Waals surface area contributed by atoms with Gasteiger partial charge in [0.2, 0.25) is 5.88 Å². The van der Waals surface area contributed by atoms with Gasteiger partial charge in [0.1, 0.15) is 5.75 Å². The van der Waals surface area contributed by atoms with Crippen LogP contribution in [0, 0.1) is 0 Å². The molecular formula is C17H17BrN2O5. The molecule has 25 heavy (non-hydrogen) atoms. The van der Waals surface area contributed by atoms with Crippen LogP contribution in [0.5, 0.6) is 11.6 Å². The number of hydrogen-bond acceptors (Lipinski definition) is 7. The van der Waals surface area contributed by atoms with E-state index in [1.165, 1.54) is 27.5 Å². The van der Waals surface area contributed by atoms with E-state index in [1.807, 2.05) is 0 Å². The van der Waals surface area contributed by atoms with E-state index in [0.717, 1.165) is 5.56 Å². The van der Waals surface area contributed by atoms with Crippen molar-refractivity contribution in [3.63, 3.8) is 0 Å². The molecule has 0 aromatic carbocycles. The summed E-state index contributed by atoms with van der Waals surface area (Å²) < 4.78 is 20.9. The van der Waals surface area contributed by atoms with E-state index in [0.29, 0.717) is 27.4 Å². The molecule has 0 radical (unpaired) electrons. The van der Waals surface area contributed by atoms with Gasteiger partial charge in [-0.2, -0.15) is 0 Å². The van der Waals surface area contributed by atoms with Crippen molar-refractivity contribution >= 4 is 34.1 Å². The van der Waals surface area contributed by atoms with Crippen LogP contribution >= 0.6 is 15.9 Å². The summed E-state index contributed by atoms with van der Waals surface area (Å²) in [7, 11) is 4.40. The Morgan fingerprint density at radius 1 is 1.16 bits per heavy atom. The van der Waals surface area contributed by atoms with Crippen molar-refractivity contribution in [2.24, 2.45) is 0 Å². The normalized spacial score (nSPS) is 10.7. The molecule has 0 aliphatic carbocycles. The molecule has 0 N–H and O–H groups in total. The molecule has 0 bridgehead atoms. The third kappa shape index (κ3) is 5.01. The molecular weight excluding hydrogens is 392 g/mol. The lowest BCUT2D eigenvalue weighted by Gasteiger charge is -2.09. The Hall–Kier alpha value is -2.45. The Morgan fingerprint density at radius 3 is 2.60 bits per heavy atom. The van der Waals surface area contributed by atoms with Gasteiger partial charge < -0.3 is 18.9 Å². The fourth-order valence-corrected chi connectivity index (χ4v) is 2.37. The summed E-state index contributed by atoms with van der Waals surface area (Å²) in [6.07, 6.45) is 6.59. The van der Waals surface area contributed by atoms with E-state index in [-0.39, 0.29) is 6.79 Å². The number of hydrogen-bond donors (Lipinski definition) is 0. The highest BCUT2D eigenvalue weighted by Gasteiger charge is 2.09. The standard InChI is InChI=1S/C17H17BrN2O5/c1-22-10-25-15-9-20-16(23-2)7-11(15)4-5-14-13(18)6-12(8-19-14)17(21)24-3/h4-9H,10H2,1-3H3. The number of halogens is 1. The number of ether oxygens (including phenoxy) is 4. The second-order valence-electron chi connectivity index (χ2n) is 4.73. The van der Waals surface area contributed by atoms with E-state index < -0.39 is 5.97 Å². The predicted octanol–water partition coefficient (Wildman–Crippen LogP) is 3.19. The summed E-state index contributed by atoms with van der Waals surface area (Å²) >= 11 is 3.40. The molecule has 8 heteroatoms. The number of nitrogens with zero attached hydrogens (tertiary/aromatic N) is 2. The molecule has 0 fully saturated rings. The average Bonchev–Trinajstić information content (AvgIpc) is 2.64. The van der Waals surface area contributed by atoms with E-state index in [2.05, 4.69) is 30.6 Å². The van der Waals surface area contributed by atoms with Crippen molar-refractivity contribution in [2.45, 2.75) is 0 Å². The van der Waals surface area contributed by atoms with E-state index in [9.17, 15) is 4.79 Å². The van der Waals surface area contributed by atoms with E-state index in [1.54, 1.807) is 30.5 Å². The number of pyridine rings is 2. The largest absolute Gasteiger partial charge is 0.481 e. The van der Waals surface area contributed by atoms with Gasteiger partial charge in [0.25, 0.3) is 0 Å². The van der Waals surface area contributed by atoms with Crippen LogP contribution in [0.15, 0.2) is 29.0 Å². The predicted molar refractivity (Wildman–Crippen MR) is 95.5 cm³/mol. The van der Waals surface area contributed by atoms with Crippen molar-refractivity contribution in [1.29, 1.82) is 0 Å². The van der Waals surface area contributed by atoms with Gasteiger partial charge in [-0.1, -0.05) is 0 Å². The Balaban J connectivity index is 2.30. The highest BCUT2D eigenvalue weighted by Crippen LogP contribution is 2.25. The Kier molecular flexibility index (Phi) is 6.91. The molecule has 0 spiro atoms. The van der Waals surface area contributed by atoms with Crippen molar-refractivity contribution in [3.8, 4) is 11.6 Å². The highest BCUT2D eigenvalue weighted by molar-refractivity contribution is 9.10. The first kappa shape index (κ1) is 18.9. The molecule has 2 aromatic rings. The number of methoxy groups -OCH3 is 3. The van der Waals surface area contributed by atoms with Gasteiger partial charge in [-0.15, -0.1) is 0 Å². The average molecular weight is 409 g/mol. The maximum absolute atomic E-state index is 11.5. The maximum atomic E-state index is 11.5. The molecule has 132 valence electrons. The lowest BCUT2D eigenvalue weighted by atomic mass is 10.2. The summed E-state index contributed by atoms with van der Waals surface area (Å²) in [5.41, 5.74) is 1.75. The monoisotopic (exact) mass is 408 g/mol. The van der Waals surface area contributed by atoms with Crippen LogP contribution in [0.3, 0.4) is 0 Å². The fourth-order valence-electron chi connectivity index (χ4n) is 1.89. The summed E-state index contributed by atoms with van der Waals surface area (Å²) in [6, 6.07) is 3.38. The van der Waals surface area contributed by atoms with Crippen molar-refractivity contribution in [3.05, 3.63) is 45.8 Å². The van der Waals surface area contributed by atoms with Gasteiger partial charge in [-0.05, 0) is 34.1 Å². The molecule has 0 aliphatic rings. The fraction of sp³-hybridized carbons (Fsp3) is 0.235. The lowest BCUT2D eigenvalue weighted by molar-refractivity contribution is 0.0506. The SMILES string of the molecule is COCOc1cnc(OC)cc1C=Cc1ncc(C(=O)OC)cc1Br. The van der Waals surface area contributed by atoms with Gasteiger partial charge in [0.15, 0.2) is 6.79 Å². The molecule has 0 saturated heterocycles. The molecule has 2 aromatic heterocycles. The van der Waals surface area contributed by atoms with E-state index in [4.69, 9.17) is 14.2 Å². The molecule has 7 nitrogen and oxygen atoms in total. The van der Waals surface area contributed by atoms with Crippen LogP contribution in [0.4, 0.5) is 0 Å². The lowest BCUT2D eigenvalue weighted by Crippen LogP contribution is -2.02. The van der Waals surface area contributed by atoms with Gasteiger partial charge in [0, 0.05) is 29.4 Å². The van der Waals surface area contributed by atoms with Crippen molar-refractivity contribution < 1.29 is 23.7 Å². The molecule has 0 aliphatic heterocycles. The smallest absolute Gasteiger partial charge is 0.339 e. The maximum Gasteiger partial charge on any atom is 0.339 e. The third-order valence-corrected chi connectivity index (χ3v) is 3.76. The zero-order valence-corrected chi connectivity index (χ0v) is 15.6. The number of carbonyl (C=O) groups is 1. The van der Waals surface area contributed by atoms with Crippen LogP contribution in [-0.2, 0) is 9.47 Å². The number of esters is 1. The van der Waals surface area contributed by atoms with Crippen LogP contribution in [0.1, 0.15) is 21.6 Å². The molecule has 0 unspecified atom stereocenters. The Bertz CT molecular complexity index is 780. The third-order valence-electron chi connectivity index (χ3n) is 3.13. The Labute approximate surface area is 153 Å². The first-order valence-electron chi connectivity index (χ1n) is 7.16. The van der Waals surface area contributed by atoms with Crippen LogP contribution in [0.25, 0.3) is 12.2 Å². The number of aromatic nitrogens is 2. The number of rotatable bonds is 7. The molecule has 2 rings (SSSR count). The second kappa shape index (κ2) is 9.14. The van der Waals surface area contributed by atoms with Gasteiger partial charge >= 0.3 is 5.97 Å². The first-order valence-corrected chi connectivity index (χ1v) is 7.96. The zero-order chi connectivity index (χ0) is 18.2. The summed E-state index contributed by atoms with van der Waals surface area (Å²) in [6.45, 7) is 0.102. The van der Waals surface area contributed by atoms with Gasteiger partial charge in [0.05, 0.1) is 31.7 Å². The quantitative estimate of drug-likeness (QED) is 0.513. The Morgan fingerprint density at radius 2 is 1.96 bits per heavy atom. The molecule has 0 saturated carbocycles. The zero-order valence-electron chi connectivity index (χ0n) is 14.0. The first-order chi connectivity index (χ1) is 12.1. The van der Waals surface area contributed by atoms with Crippen molar-refractivity contribution in [1.82, 2.24) is 9.97 Å². The van der Waals surface area contributed by atoms with Crippen LogP contribution in [-0.4, -0.2) is 44.1 Å².